The van der Waals surface area contributed by atoms with Crippen LogP contribution in [0, 0.1) is 0 Å². The fourth-order valence-electron chi connectivity index (χ4n) is 2.41. The Kier molecular flexibility index (Phi) is 3.94. The number of halogens is 3. The summed E-state index contributed by atoms with van der Waals surface area (Å²) in [6.07, 6.45) is -4.68. The maximum Gasteiger partial charge on any atom is 0.573 e. The highest BCUT2D eigenvalue weighted by Crippen LogP contribution is 2.35. The van der Waals surface area contributed by atoms with Crippen LogP contribution in [0.2, 0.25) is 0 Å². The second kappa shape index (κ2) is 5.88. The van der Waals surface area contributed by atoms with Crippen molar-refractivity contribution in [3.05, 3.63) is 48.0 Å². The van der Waals surface area contributed by atoms with Crippen molar-refractivity contribution in [2.45, 2.75) is 12.9 Å². The molecule has 0 aromatic heterocycles. The minimum absolute atomic E-state index is 0.235. The van der Waals surface area contributed by atoms with Gasteiger partial charge in [-0.1, -0.05) is 30.3 Å². The Bertz CT molecular complexity index is 653. The van der Waals surface area contributed by atoms with Crippen molar-refractivity contribution in [2.75, 3.05) is 13.2 Å². The minimum Gasteiger partial charge on any atom is -0.491 e. The van der Waals surface area contributed by atoms with E-state index in [1.165, 1.54) is 12.1 Å². The highest BCUT2D eigenvalue weighted by atomic mass is 19.4. The molecule has 3 rings (SSSR count). The van der Waals surface area contributed by atoms with Gasteiger partial charge in [-0.25, -0.2) is 0 Å². The van der Waals surface area contributed by atoms with E-state index in [9.17, 15) is 13.2 Å². The lowest BCUT2D eigenvalue weighted by molar-refractivity contribution is -0.274. The molecule has 2 aromatic carbocycles. The summed E-state index contributed by atoms with van der Waals surface area (Å²) in [4.78, 5) is 0. The number of benzene rings is 2. The number of hydrogen-bond acceptors (Lipinski definition) is 3. The van der Waals surface area contributed by atoms with Crippen LogP contribution in [0.3, 0.4) is 0 Å². The van der Waals surface area contributed by atoms with Crippen LogP contribution in [-0.4, -0.2) is 19.5 Å². The number of nitrogens with one attached hydrogen (secondary N) is 1. The van der Waals surface area contributed by atoms with E-state index in [1.54, 1.807) is 12.1 Å². The second-order valence-corrected chi connectivity index (χ2v) is 4.89. The fourth-order valence-corrected chi connectivity index (χ4v) is 2.41. The van der Waals surface area contributed by atoms with E-state index in [1.807, 2.05) is 18.2 Å². The van der Waals surface area contributed by atoms with Crippen LogP contribution >= 0.6 is 0 Å². The molecule has 0 saturated heterocycles. The topological polar surface area (TPSA) is 30.5 Å². The molecule has 1 N–H and O–H groups in total. The molecule has 22 heavy (non-hydrogen) atoms. The largest absolute Gasteiger partial charge is 0.573 e. The number of alkyl halides is 3. The van der Waals surface area contributed by atoms with Crippen LogP contribution in [-0.2, 0) is 6.54 Å². The summed E-state index contributed by atoms with van der Waals surface area (Å²) >= 11 is 0. The van der Waals surface area contributed by atoms with Crippen molar-refractivity contribution < 1.29 is 22.6 Å². The Labute approximate surface area is 125 Å². The molecule has 1 aliphatic rings. The van der Waals surface area contributed by atoms with E-state index in [2.05, 4.69) is 10.1 Å². The number of hydrogen-bond donors (Lipinski definition) is 1. The van der Waals surface area contributed by atoms with Gasteiger partial charge >= 0.3 is 6.36 Å². The molecule has 2 aromatic rings. The summed E-state index contributed by atoms with van der Waals surface area (Å²) in [6.45, 7) is 2.02. The summed E-state index contributed by atoms with van der Waals surface area (Å²) in [5.74, 6) is 0.540. The van der Waals surface area contributed by atoms with E-state index >= 15 is 0 Å². The van der Waals surface area contributed by atoms with E-state index < -0.39 is 6.36 Å². The molecular weight excluding hydrogens is 295 g/mol. The van der Waals surface area contributed by atoms with E-state index in [-0.39, 0.29) is 5.75 Å². The summed E-state index contributed by atoms with van der Waals surface area (Å²) in [6, 6.07) is 11.6. The van der Waals surface area contributed by atoms with Crippen LogP contribution in [0.15, 0.2) is 42.5 Å². The van der Waals surface area contributed by atoms with Crippen molar-refractivity contribution in [3.63, 3.8) is 0 Å². The van der Waals surface area contributed by atoms with E-state index in [4.69, 9.17) is 4.74 Å². The first kappa shape index (κ1) is 14.7. The molecule has 1 heterocycles. The zero-order valence-electron chi connectivity index (χ0n) is 11.6. The Morgan fingerprint density at radius 3 is 2.55 bits per heavy atom. The molecule has 0 amide bonds. The molecule has 0 atom stereocenters. The van der Waals surface area contributed by atoms with Crippen molar-refractivity contribution in [1.29, 1.82) is 0 Å². The van der Waals surface area contributed by atoms with Crippen LogP contribution in [0.5, 0.6) is 11.5 Å². The van der Waals surface area contributed by atoms with Gasteiger partial charge in [0, 0.05) is 24.2 Å². The first-order chi connectivity index (χ1) is 10.5. The van der Waals surface area contributed by atoms with Crippen LogP contribution in [0.1, 0.15) is 5.56 Å². The lowest BCUT2D eigenvalue weighted by Gasteiger charge is -2.14. The molecule has 116 valence electrons. The lowest BCUT2D eigenvalue weighted by atomic mass is 10.0. The van der Waals surface area contributed by atoms with Gasteiger partial charge in [0.1, 0.15) is 18.1 Å². The molecule has 0 aliphatic carbocycles. The molecule has 0 bridgehead atoms. The number of para-hydroxylation sites is 1. The van der Waals surface area contributed by atoms with Crippen LogP contribution < -0.4 is 14.8 Å². The van der Waals surface area contributed by atoms with Crippen LogP contribution in [0.4, 0.5) is 13.2 Å². The summed E-state index contributed by atoms with van der Waals surface area (Å²) in [7, 11) is 0. The molecule has 1 aliphatic heterocycles. The minimum atomic E-state index is -4.68. The number of ether oxygens (including phenoxy) is 2. The summed E-state index contributed by atoms with van der Waals surface area (Å²) < 4.78 is 46.2. The number of fused-ring (bicyclic) bond motifs is 1. The van der Waals surface area contributed by atoms with Gasteiger partial charge in [-0.15, -0.1) is 13.2 Å². The Morgan fingerprint density at radius 1 is 1.05 bits per heavy atom. The third kappa shape index (κ3) is 3.33. The van der Waals surface area contributed by atoms with E-state index in [0.717, 1.165) is 29.0 Å². The Morgan fingerprint density at radius 2 is 1.82 bits per heavy atom. The van der Waals surface area contributed by atoms with E-state index in [0.29, 0.717) is 13.2 Å². The van der Waals surface area contributed by atoms with Crippen LogP contribution in [0.25, 0.3) is 11.1 Å². The van der Waals surface area contributed by atoms with Gasteiger partial charge in [0.25, 0.3) is 0 Å². The molecule has 0 saturated carbocycles. The number of rotatable bonds is 2. The average Bonchev–Trinajstić information content (AvgIpc) is 2.71. The SMILES string of the molecule is FC(F)(F)Oc1ccc(-c2cccc3c2OCCNC3)cc1. The third-order valence-corrected chi connectivity index (χ3v) is 3.34. The molecule has 0 radical (unpaired) electrons. The third-order valence-electron chi connectivity index (χ3n) is 3.34. The van der Waals surface area contributed by atoms with Gasteiger partial charge in [-0.3, -0.25) is 0 Å². The predicted octanol–water partition coefficient (Wildman–Crippen LogP) is 3.73. The lowest BCUT2D eigenvalue weighted by Crippen LogP contribution is -2.16. The monoisotopic (exact) mass is 309 g/mol. The molecule has 6 heteroatoms. The molecule has 0 unspecified atom stereocenters. The average molecular weight is 309 g/mol. The van der Waals surface area contributed by atoms with Crippen molar-refractivity contribution in [3.8, 4) is 22.6 Å². The van der Waals surface area contributed by atoms with Gasteiger partial charge in [0.15, 0.2) is 0 Å². The Hall–Kier alpha value is -2.21. The highest BCUT2D eigenvalue weighted by molar-refractivity contribution is 5.72. The first-order valence-corrected chi connectivity index (χ1v) is 6.84. The molecule has 0 spiro atoms. The van der Waals surface area contributed by atoms with Gasteiger partial charge in [-0.2, -0.15) is 0 Å². The van der Waals surface area contributed by atoms with Gasteiger partial charge in [-0.05, 0) is 17.7 Å². The van der Waals surface area contributed by atoms with Crippen molar-refractivity contribution in [1.82, 2.24) is 5.32 Å². The zero-order chi connectivity index (χ0) is 15.6. The molecule has 0 fully saturated rings. The fraction of sp³-hybridized carbons (Fsp3) is 0.250. The Balaban J connectivity index is 1.91. The summed E-state index contributed by atoms with van der Waals surface area (Å²) in [5.41, 5.74) is 2.68. The van der Waals surface area contributed by atoms with Gasteiger partial charge < -0.3 is 14.8 Å². The predicted molar refractivity (Wildman–Crippen MR) is 75.8 cm³/mol. The second-order valence-electron chi connectivity index (χ2n) is 4.89. The highest BCUT2D eigenvalue weighted by Gasteiger charge is 2.31. The quantitative estimate of drug-likeness (QED) is 0.917. The van der Waals surface area contributed by atoms with Gasteiger partial charge in [0.2, 0.25) is 0 Å². The molecule has 3 nitrogen and oxygen atoms in total. The summed E-state index contributed by atoms with van der Waals surface area (Å²) in [5, 5.41) is 3.25. The molecular formula is C16H14F3NO2. The first-order valence-electron chi connectivity index (χ1n) is 6.84. The standard InChI is InChI=1S/C16H14F3NO2/c17-16(18,19)22-13-6-4-11(5-7-13)14-3-1-2-12-10-20-8-9-21-15(12)14/h1-7,20H,8-10H2. The normalized spacial score (nSPS) is 14.7. The zero-order valence-corrected chi connectivity index (χ0v) is 11.6. The maximum absolute atomic E-state index is 12.2. The van der Waals surface area contributed by atoms with Gasteiger partial charge in [0.05, 0.1) is 0 Å². The van der Waals surface area contributed by atoms with Crippen molar-refractivity contribution >= 4 is 0 Å². The smallest absolute Gasteiger partial charge is 0.491 e. The van der Waals surface area contributed by atoms with Crippen molar-refractivity contribution in [2.24, 2.45) is 0 Å². The maximum atomic E-state index is 12.2.